The van der Waals surface area contributed by atoms with E-state index in [0.717, 1.165) is 6.42 Å². The molecule has 17 heavy (non-hydrogen) atoms. The van der Waals surface area contributed by atoms with Crippen molar-refractivity contribution in [3.05, 3.63) is 29.1 Å². The Kier molecular flexibility index (Phi) is 4.87. The molecular weight excluding hydrogens is 258 g/mol. The fourth-order valence-electron chi connectivity index (χ4n) is 1.44. The van der Waals surface area contributed by atoms with E-state index < -0.39 is 42.3 Å². The summed E-state index contributed by atoms with van der Waals surface area (Å²) < 4.78 is 65.4. The van der Waals surface area contributed by atoms with Gasteiger partial charge in [0.05, 0.1) is 5.30 Å². The Hall–Kier alpha value is -0.700. The van der Waals surface area contributed by atoms with Gasteiger partial charge in [-0.2, -0.15) is 0 Å². The Labute approximate surface area is 97.6 Å². The minimum Gasteiger partial charge on any atom is -0.203 e. The largest absolute Gasteiger partial charge is 0.203 e. The van der Waals surface area contributed by atoms with Crippen LogP contribution in [-0.2, 0) is 0 Å². The summed E-state index contributed by atoms with van der Waals surface area (Å²) in [7, 11) is -1.36. The third-order valence-corrected chi connectivity index (χ3v) is 4.56. The van der Waals surface area contributed by atoms with Gasteiger partial charge in [-0.05, 0) is 19.2 Å². The number of hydrogen-bond donors (Lipinski definition) is 0. The highest BCUT2D eigenvalue weighted by Crippen LogP contribution is 2.35. The molecule has 0 aliphatic rings. The van der Waals surface area contributed by atoms with Gasteiger partial charge in [0.2, 0.25) is 5.82 Å². The number of hydrogen-bond acceptors (Lipinski definition) is 0. The van der Waals surface area contributed by atoms with Crippen molar-refractivity contribution in [1.29, 1.82) is 0 Å². The van der Waals surface area contributed by atoms with Crippen molar-refractivity contribution in [1.82, 2.24) is 0 Å². The molecule has 6 heteroatoms. The predicted octanol–water partition coefficient (Wildman–Crippen LogP) is 3.92. The van der Waals surface area contributed by atoms with Crippen LogP contribution in [0.3, 0.4) is 0 Å². The Bertz CT molecular complexity index is 390. The average Bonchev–Trinajstić information content (AvgIpc) is 2.31. The van der Waals surface area contributed by atoms with Crippen LogP contribution in [0.2, 0.25) is 0 Å². The molecule has 0 nitrogen and oxygen atoms in total. The van der Waals surface area contributed by atoms with Crippen molar-refractivity contribution in [3.63, 3.8) is 0 Å². The zero-order valence-corrected chi connectivity index (χ0v) is 10.4. The molecule has 1 unspecified atom stereocenters. The van der Waals surface area contributed by atoms with Crippen LogP contribution in [0, 0.1) is 29.1 Å². The number of halogens is 5. The van der Waals surface area contributed by atoms with Gasteiger partial charge in [-0.3, -0.25) is 0 Å². The number of benzene rings is 1. The van der Waals surface area contributed by atoms with Gasteiger partial charge in [-0.25, -0.2) is 22.0 Å². The SMILES string of the molecule is CCCCP(C)c1c(F)c(F)c(F)c(F)c1F. The lowest BCUT2D eigenvalue weighted by Crippen LogP contribution is -2.19. The molecule has 0 aromatic heterocycles. The van der Waals surface area contributed by atoms with Gasteiger partial charge in [0.1, 0.15) is 0 Å². The minimum atomic E-state index is -2.09. The molecular formula is C11H12F5P. The predicted molar refractivity (Wildman–Crippen MR) is 58.5 cm³/mol. The summed E-state index contributed by atoms with van der Waals surface area (Å²) in [5.74, 6) is -9.19. The Morgan fingerprint density at radius 1 is 0.824 bits per heavy atom. The van der Waals surface area contributed by atoms with Crippen LogP contribution in [0.25, 0.3) is 0 Å². The summed E-state index contributed by atoms with van der Waals surface area (Å²) in [4.78, 5) is 0. The first-order chi connectivity index (χ1) is 7.91. The van der Waals surface area contributed by atoms with Crippen LogP contribution >= 0.6 is 7.92 Å². The van der Waals surface area contributed by atoms with Gasteiger partial charge in [0.15, 0.2) is 23.3 Å². The van der Waals surface area contributed by atoms with E-state index in [1.54, 1.807) is 0 Å². The summed E-state index contributed by atoms with van der Waals surface area (Å²) >= 11 is 0. The first kappa shape index (κ1) is 14.4. The molecule has 0 saturated heterocycles. The Morgan fingerprint density at radius 3 is 1.65 bits per heavy atom. The maximum atomic E-state index is 13.4. The van der Waals surface area contributed by atoms with E-state index in [-0.39, 0.29) is 0 Å². The van der Waals surface area contributed by atoms with Gasteiger partial charge in [0, 0.05) is 0 Å². The van der Waals surface area contributed by atoms with Crippen LogP contribution in [0.15, 0.2) is 0 Å². The van der Waals surface area contributed by atoms with Gasteiger partial charge in [-0.15, -0.1) is 0 Å². The molecule has 0 N–H and O–H groups in total. The quantitative estimate of drug-likeness (QED) is 0.337. The molecule has 96 valence electrons. The molecule has 1 aromatic carbocycles. The molecule has 0 heterocycles. The van der Waals surface area contributed by atoms with E-state index in [9.17, 15) is 22.0 Å². The molecule has 1 aromatic rings. The van der Waals surface area contributed by atoms with Crippen molar-refractivity contribution in [2.75, 3.05) is 12.8 Å². The third kappa shape index (κ3) is 2.76. The second-order valence-electron chi connectivity index (χ2n) is 3.69. The highest BCUT2D eigenvalue weighted by molar-refractivity contribution is 7.64. The fraction of sp³-hybridized carbons (Fsp3) is 0.455. The van der Waals surface area contributed by atoms with Crippen LogP contribution in [0.1, 0.15) is 19.8 Å². The summed E-state index contributed by atoms with van der Waals surface area (Å²) in [5, 5.41) is -0.648. The molecule has 0 aliphatic heterocycles. The van der Waals surface area contributed by atoms with E-state index in [2.05, 4.69) is 0 Å². The van der Waals surface area contributed by atoms with E-state index >= 15 is 0 Å². The lowest BCUT2D eigenvalue weighted by molar-refractivity contribution is 0.384. The van der Waals surface area contributed by atoms with Crippen LogP contribution in [0.5, 0.6) is 0 Å². The maximum absolute atomic E-state index is 13.4. The van der Waals surface area contributed by atoms with Crippen molar-refractivity contribution in [3.8, 4) is 0 Å². The first-order valence-electron chi connectivity index (χ1n) is 5.14. The lowest BCUT2D eigenvalue weighted by atomic mass is 10.3. The number of unbranched alkanes of at least 4 members (excludes halogenated alkanes) is 1. The van der Waals surface area contributed by atoms with Crippen LogP contribution < -0.4 is 5.30 Å². The summed E-state index contributed by atoms with van der Waals surface area (Å²) in [6.07, 6.45) is 1.95. The second kappa shape index (κ2) is 5.76. The molecule has 0 amide bonds. The highest BCUT2D eigenvalue weighted by atomic mass is 31.1. The van der Waals surface area contributed by atoms with E-state index in [4.69, 9.17) is 0 Å². The average molecular weight is 270 g/mol. The standard InChI is InChI=1S/C11H12F5P/c1-3-4-5-17(2)11-9(15)7(13)6(12)8(14)10(11)16/h3-5H2,1-2H3. The van der Waals surface area contributed by atoms with Crippen molar-refractivity contribution < 1.29 is 22.0 Å². The third-order valence-electron chi connectivity index (χ3n) is 2.42. The first-order valence-corrected chi connectivity index (χ1v) is 7.11. The zero-order chi connectivity index (χ0) is 13.2. The highest BCUT2D eigenvalue weighted by Gasteiger charge is 2.28. The maximum Gasteiger partial charge on any atom is 0.200 e. The molecule has 0 aliphatic carbocycles. The van der Waals surface area contributed by atoms with Gasteiger partial charge < -0.3 is 0 Å². The van der Waals surface area contributed by atoms with E-state index in [0.29, 0.717) is 12.6 Å². The number of rotatable bonds is 4. The zero-order valence-electron chi connectivity index (χ0n) is 9.46. The van der Waals surface area contributed by atoms with Gasteiger partial charge in [0.25, 0.3) is 0 Å². The van der Waals surface area contributed by atoms with Crippen LogP contribution in [-0.4, -0.2) is 12.8 Å². The van der Waals surface area contributed by atoms with Crippen LogP contribution in [0.4, 0.5) is 22.0 Å². The molecule has 1 atom stereocenters. The fourth-order valence-corrected chi connectivity index (χ4v) is 3.32. The minimum absolute atomic E-state index is 0.449. The smallest absolute Gasteiger partial charge is 0.200 e. The van der Waals surface area contributed by atoms with Gasteiger partial charge in [-0.1, -0.05) is 21.3 Å². The van der Waals surface area contributed by atoms with E-state index in [1.165, 1.54) is 6.66 Å². The Morgan fingerprint density at radius 2 is 1.24 bits per heavy atom. The molecule has 0 fully saturated rings. The topological polar surface area (TPSA) is 0 Å². The summed E-state index contributed by atoms with van der Waals surface area (Å²) in [5.41, 5.74) is 0. The van der Waals surface area contributed by atoms with Crippen molar-refractivity contribution in [2.45, 2.75) is 19.8 Å². The van der Waals surface area contributed by atoms with Gasteiger partial charge >= 0.3 is 0 Å². The molecule has 0 spiro atoms. The second-order valence-corrected chi connectivity index (χ2v) is 5.98. The Balaban J connectivity index is 3.24. The molecule has 0 saturated carbocycles. The molecule has 1 rings (SSSR count). The summed E-state index contributed by atoms with van der Waals surface area (Å²) in [6, 6.07) is 0. The van der Waals surface area contributed by atoms with Crippen molar-refractivity contribution >= 4 is 13.2 Å². The molecule has 0 bridgehead atoms. The van der Waals surface area contributed by atoms with E-state index in [1.807, 2.05) is 6.92 Å². The summed E-state index contributed by atoms with van der Waals surface area (Å²) in [6.45, 7) is 3.41. The normalized spacial score (nSPS) is 12.9. The molecule has 0 radical (unpaired) electrons. The lowest BCUT2D eigenvalue weighted by Gasteiger charge is -2.15. The van der Waals surface area contributed by atoms with Crippen molar-refractivity contribution in [2.24, 2.45) is 0 Å². The monoisotopic (exact) mass is 270 g/mol.